The number of nitrogens with one attached hydrogen (secondary N) is 1. The molecule has 1 saturated carbocycles. The van der Waals surface area contributed by atoms with Gasteiger partial charge in [0.05, 0.1) is 5.54 Å². The van der Waals surface area contributed by atoms with Crippen LogP contribution in [0.3, 0.4) is 0 Å². The van der Waals surface area contributed by atoms with E-state index in [1.807, 2.05) is 25.7 Å². The number of amides is 1. The zero-order chi connectivity index (χ0) is 12.9. The third-order valence-electron chi connectivity index (χ3n) is 3.77. The normalized spacial score (nSPS) is 23.0. The Kier molecular flexibility index (Phi) is 5.80. The first-order valence-electron chi connectivity index (χ1n) is 6.62. The fourth-order valence-corrected chi connectivity index (χ4v) is 4.17. The predicted molar refractivity (Wildman–Crippen MR) is 75.2 cm³/mol. The van der Waals surface area contributed by atoms with Gasteiger partial charge in [-0.3, -0.25) is 4.79 Å². The minimum Gasteiger partial charge on any atom is -0.368 e. The average Bonchev–Trinajstić information content (AvgIpc) is 2.29. The third kappa shape index (κ3) is 4.51. The summed E-state index contributed by atoms with van der Waals surface area (Å²) < 4.78 is 0. The zero-order valence-corrected chi connectivity index (χ0v) is 12.1. The van der Waals surface area contributed by atoms with Crippen LogP contribution in [0.15, 0.2) is 0 Å². The molecular formula is C13H26N2OS. The van der Waals surface area contributed by atoms with Crippen LogP contribution in [0, 0.1) is 0 Å². The molecule has 4 heteroatoms. The van der Waals surface area contributed by atoms with Gasteiger partial charge in [0.25, 0.3) is 0 Å². The van der Waals surface area contributed by atoms with E-state index in [1.54, 1.807) is 0 Å². The maximum absolute atomic E-state index is 11.4. The molecule has 17 heavy (non-hydrogen) atoms. The zero-order valence-electron chi connectivity index (χ0n) is 11.3. The number of primary amides is 1. The lowest BCUT2D eigenvalue weighted by Gasteiger charge is -2.31. The lowest BCUT2D eigenvalue weighted by molar-refractivity contribution is -0.123. The summed E-state index contributed by atoms with van der Waals surface area (Å²) in [4.78, 5) is 11.4. The smallest absolute Gasteiger partial charge is 0.237 e. The maximum Gasteiger partial charge on any atom is 0.237 e. The Labute approximate surface area is 109 Å². The molecule has 0 saturated heterocycles. The molecule has 0 radical (unpaired) electrons. The number of carbonyl (C=O) groups is 1. The monoisotopic (exact) mass is 258 g/mol. The Morgan fingerprint density at radius 1 is 1.47 bits per heavy atom. The quantitative estimate of drug-likeness (QED) is 0.768. The van der Waals surface area contributed by atoms with Gasteiger partial charge < -0.3 is 11.1 Å². The number of hydrogen-bond donors (Lipinski definition) is 2. The van der Waals surface area contributed by atoms with Gasteiger partial charge in [-0.05, 0) is 33.2 Å². The lowest BCUT2D eigenvalue weighted by Crippen LogP contribution is -2.52. The Bertz CT molecular complexity index is 254. The van der Waals surface area contributed by atoms with Gasteiger partial charge in [0, 0.05) is 10.5 Å². The highest BCUT2D eigenvalue weighted by Gasteiger charge is 2.31. The van der Waals surface area contributed by atoms with E-state index in [0.29, 0.717) is 5.25 Å². The van der Waals surface area contributed by atoms with Crippen molar-refractivity contribution < 1.29 is 4.79 Å². The van der Waals surface area contributed by atoms with E-state index in [2.05, 4.69) is 12.2 Å². The van der Waals surface area contributed by atoms with E-state index in [0.717, 1.165) is 11.7 Å². The molecule has 3 nitrogen and oxygen atoms in total. The number of rotatable bonds is 6. The first kappa shape index (κ1) is 14.8. The number of likely N-dealkylation sites (N-methyl/N-ethyl adjacent to an activating group) is 1. The van der Waals surface area contributed by atoms with Crippen molar-refractivity contribution in [1.29, 1.82) is 0 Å². The van der Waals surface area contributed by atoms with Gasteiger partial charge in [0.1, 0.15) is 0 Å². The number of carbonyl (C=O) groups excluding carboxylic acids is 1. The second kappa shape index (κ2) is 6.64. The molecule has 1 fully saturated rings. The summed E-state index contributed by atoms with van der Waals surface area (Å²) in [6.07, 6.45) is 7.59. The van der Waals surface area contributed by atoms with Crippen molar-refractivity contribution in [2.24, 2.45) is 5.73 Å². The van der Waals surface area contributed by atoms with Gasteiger partial charge in [0.2, 0.25) is 5.91 Å². The third-order valence-corrected chi connectivity index (χ3v) is 5.26. The fraction of sp³-hybridized carbons (Fsp3) is 0.923. The highest BCUT2D eigenvalue weighted by atomic mass is 32.2. The molecular weight excluding hydrogens is 232 g/mol. The summed E-state index contributed by atoms with van der Waals surface area (Å²) in [5.41, 5.74) is 4.88. The topological polar surface area (TPSA) is 55.1 Å². The molecule has 0 aromatic heterocycles. The van der Waals surface area contributed by atoms with Crippen LogP contribution in [0.1, 0.15) is 52.4 Å². The van der Waals surface area contributed by atoms with Gasteiger partial charge in [-0.25, -0.2) is 0 Å². The molecule has 1 rings (SSSR count). The molecule has 2 atom stereocenters. The van der Waals surface area contributed by atoms with Crippen molar-refractivity contribution in [3.63, 3.8) is 0 Å². The van der Waals surface area contributed by atoms with E-state index in [9.17, 15) is 4.79 Å². The van der Waals surface area contributed by atoms with Crippen molar-refractivity contribution in [2.45, 2.75) is 68.4 Å². The Hall–Kier alpha value is -0.220. The molecule has 2 unspecified atom stereocenters. The van der Waals surface area contributed by atoms with Crippen molar-refractivity contribution in [3.8, 4) is 0 Å². The highest BCUT2D eigenvalue weighted by Crippen LogP contribution is 2.33. The summed E-state index contributed by atoms with van der Waals surface area (Å²) in [6, 6.07) is 0. The first-order chi connectivity index (χ1) is 7.98. The minimum absolute atomic E-state index is 0.254. The van der Waals surface area contributed by atoms with Crippen LogP contribution in [0.2, 0.25) is 0 Å². The van der Waals surface area contributed by atoms with Crippen molar-refractivity contribution in [2.75, 3.05) is 7.05 Å². The minimum atomic E-state index is -0.568. The number of thioether (sulfide) groups is 1. The molecule has 1 aliphatic carbocycles. The molecule has 0 aromatic carbocycles. The van der Waals surface area contributed by atoms with Crippen LogP contribution in [-0.2, 0) is 4.79 Å². The van der Waals surface area contributed by atoms with E-state index >= 15 is 0 Å². The van der Waals surface area contributed by atoms with Crippen LogP contribution in [0.5, 0.6) is 0 Å². The van der Waals surface area contributed by atoms with Crippen LogP contribution < -0.4 is 11.1 Å². The summed E-state index contributed by atoms with van der Waals surface area (Å²) in [5, 5.41) is 4.32. The Morgan fingerprint density at radius 2 is 2.06 bits per heavy atom. The van der Waals surface area contributed by atoms with Crippen LogP contribution >= 0.6 is 11.8 Å². The standard InChI is InChI=1S/C13H26N2OS/c1-10(9-13(2,15-3)12(14)16)17-11-7-5-4-6-8-11/h10-11,15H,4-9H2,1-3H3,(H2,14,16). The molecule has 3 N–H and O–H groups in total. The average molecular weight is 258 g/mol. The SMILES string of the molecule is CNC(C)(CC(C)SC1CCCCC1)C(N)=O. The van der Waals surface area contributed by atoms with E-state index in [4.69, 9.17) is 5.73 Å². The first-order valence-corrected chi connectivity index (χ1v) is 7.56. The largest absolute Gasteiger partial charge is 0.368 e. The van der Waals surface area contributed by atoms with Gasteiger partial charge in [-0.1, -0.05) is 26.2 Å². The summed E-state index contributed by atoms with van der Waals surface area (Å²) >= 11 is 2.03. The summed E-state index contributed by atoms with van der Waals surface area (Å²) in [5.74, 6) is -0.254. The lowest BCUT2D eigenvalue weighted by atomic mass is 9.95. The number of nitrogens with two attached hydrogens (primary N) is 1. The van der Waals surface area contributed by atoms with Crippen LogP contribution in [0.25, 0.3) is 0 Å². The molecule has 0 aromatic rings. The van der Waals surface area contributed by atoms with Crippen LogP contribution in [-0.4, -0.2) is 29.0 Å². The molecule has 100 valence electrons. The molecule has 0 aliphatic heterocycles. The van der Waals surface area contributed by atoms with Gasteiger partial charge in [-0.15, -0.1) is 0 Å². The van der Waals surface area contributed by atoms with Crippen molar-refractivity contribution >= 4 is 17.7 Å². The molecule has 0 bridgehead atoms. The van der Waals surface area contributed by atoms with Gasteiger partial charge in [0.15, 0.2) is 0 Å². The van der Waals surface area contributed by atoms with Crippen molar-refractivity contribution in [1.82, 2.24) is 5.32 Å². The van der Waals surface area contributed by atoms with E-state index in [-0.39, 0.29) is 5.91 Å². The van der Waals surface area contributed by atoms with Crippen LogP contribution in [0.4, 0.5) is 0 Å². The second-order valence-corrected chi connectivity index (χ2v) is 7.10. The number of hydrogen-bond acceptors (Lipinski definition) is 3. The second-order valence-electron chi connectivity index (χ2n) is 5.36. The molecule has 0 spiro atoms. The van der Waals surface area contributed by atoms with Crippen molar-refractivity contribution in [3.05, 3.63) is 0 Å². The van der Waals surface area contributed by atoms with Gasteiger partial charge >= 0.3 is 0 Å². The fourth-order valence-electron chi connectivity index (χ4n) is 2.48. The molecule has 1 amide bonds. The van der Waals surface area contributed by atoms with Gasteiger partial charge in [-0.2, -0.15) is 11.8 Å². The maximum atomic E-state index is 11.4. The van der Waals surface area contributed by atoms with E-state index in [1.165, 1.54) is 32.1 Å². The highest BCUT2D eigenvalue weighted by molar-refractivity contribution is 8.00. The molecule has 0 heterocycles. The summed E-state index contributed by atoms with van der Waals surface area (Å²) in [7, 11) is 1.81. The predicted octanol–water partition coefficient (Wildman–Crippen LogP) is 2.29. The Balaban J connectivity index is 2.41. The summed E-state index contributed by atoms with van der Waals surface area (Å²) in [6.45, 7) is 4.10. The molecule has 1 aliphatic rings. The Morgan fingerprint density at radius 3 is 2.53 bits per heavy atom. The van der Waals surface area contributed by atoms with E-state index < -0.39 is 5.54 Å².